The van der Waals surface area contributed by atoms with Crippen molar-refractivity contribution in [3.05, 3.63) is 69.7 Å². The number of aromatic nitrogens is 2. The van der Waals surface area contributed by atoms with Crippen LogP contribution < -0.4 is 10.1 Å². The smallest absolute Gasteiger partial charge is 0.261 e. The lowest BCUT2D eigenvalue weighted by atomic mass is 10.1. The zero-order valence-corrected chi connectivity index (χ0v) is 15.2. The van der Waals surface area contributed by atoms with E-state index in [1.165, 1.54) is 16.9 Å². The normalized spacial score (nSPS) is 10.6. The lowest BCUT2D eigenvalue weighted by Gasteiger charge is -2.09. The van der Waals surface area contributed by atoms with Crippen molar-refractivity contribution in [2.45, 2.75) is 27.0 Å². The fraction of sp³-hybridized carbons (Fsp3) is 0.263. The van der Waals surface area contributed by atoms with E-state index in [2.05, 4.69) is 22.5 Å². The summed E-state index contributed by atoms with van der Waals surface area (Å²) in [6.07, 6.45) is 3.60. The van der Waals surface area contributed by atoms with Crippen molar-refractivity contribution in [3.8, 4) is 5.75 Å². The van der Waals surface area contributed by atoms with E-state index in [1.54, 1.807) is 10.9 Å². The fourth-order valence-corrected chi connectivity index (χ4v) is 3.21. The summed E-state index contributed by atoms with van der Waals surface area (Å²) in [5.74, 6) is 0.826. The van der Waals surface area contributed by atoms with Crippen LogP contribution in [0.2, 0.25) is 0 Å². The molecule has 0 saturated heterocycles. The van der Waals surface area contributed by atoms with E-state index < -0.39 is 0 Å². The van der Waals surface area contributed by atoms with Gasteiger partial charge in [0.25, 0.3) is 5.91 Å². The Bertz CT molecular complexity index is 840. The molecule has 0 spiro atoms. The van der Waals surface area contributed by atoms with Crippen molar-refractivity contribution in [2.24, 2.45) is 0 Å². The Labute approximate surface area is 151 Å². The second-order valence-corrected chi connectivity index (χ2v) is 6.81. The van der Waals surface area contributed by atoms with E-state index in [9.17, 15) is 4.79 Å². The summed E-state index contributed by atoms with van der Waals surface area (Å²) >= 11 is 1.43. The second-order valence-electron chi connectivity index (χ2n) is 5.90. The first-order chi connectivity index (χ1) is 12.1. The van der Waals surface area contributed by atoms with Crippen molar-refractivity contribution >= 4 is 17.2 Å². The molecular formula is C19H21N3O2S. The van der Waals surface area contributed by atoms with Crippen LogP contribution in [0.4, 0.5) is 0 Å². The number of thiophene rings is 1. The Morgan fingerprint density at radius 3 is 3.00 bits per heavy atom. The van der Waals surface area contributed by atoms with Gasteiger partial charge in [0.1, 0.15) is 12.4 Å². The summed E-state index contributed by atoms with van der Waals surface area (Å²) in [7, 11) is 0. The maximum Gasteiger partial charge on any atom is 0.261 e. The average molecular weight is 355 g/mol. The van der Waals surface area contributed by atoms with Gasteiger partial charge in [-0.3, -0.25) is 9.48 Å². The van der Waals surface area contributed by atoms with E-state index >= 15 is 0 Å². The number of aryl methyl sites for hydroxylation is 2. The van der Waals surface area contributed by atoms with Gasteiger partial charge in [-0.1, -0.05) is 12.1 Å². The molecule has 0 unspecified atom stereocenters. The first kappa shape index (κ1) is 17.2. The molecule has 0 atom stereocenters. The van der Waals surface area contributed by atoms with Crippen LogP contribution in [0.1, 0.15) is 26.4 Å². The number of nitrogens with zero attached hydrogens (tertiary/aromatic N) is 2. The van der Waals surface area contributed by atoms with Crippen LogP contribution in [0.3, 0.4) is 0 Å². The molecule has 3 aromatic rings. The quantitative estimate of drug-likeness (QED) is 0.705. The lowest BCUT2D eigenvalue weighted by molar-refractivity contribution is 0.0956. The van der Waals surface area contributed by atoms with E-state index in [-0.39, 0.29) is 5.91 Å². The maximum atomic E-state index is 12.2. The molecule has 2 heterocycles. The van der Waals surface area contributed by atoms with Crippen LogP contribution in [0.5, 0.6) is 5.75 Å². The van der Waals surface area contributed by atoms with Crippen LogP contribution in [0, 0.1) is 13.8 Å². The van der Waals surface area contributed by atoms with Gasteiger partial charge in [-0.25, -0.2) is 0 Å². The highest BCUT2D eigenvalue weighted by atomic mass is 32.1. The van der Waals surface area contributed by atoms with Gasteiger partial charge in [-0.2, -0.15) is 5.10 Å². The summed E-state index contributed by atoms with van der Waals surface area (Å²) in [5.41, 5.74) is 3.28. The number of nitrogens with one attached hydrogen (secondary N) is 1. The largest absolute Gasteiger partial charge is 0.489 e. The Balaban J connectivity index is 1.51. The number of amides is 1. The van der Waals surface area contributed by atoms with Crippen LogP contribution in [-0.4, -0.2) is 22.2 Å². The molecule has 0 radical (unpaired) electrons. The third-order valence-electron chi connectivity index (χ3n) is 3.80. The van der Waals surface area contributed by atoms with Crippen molar-refractivity contribution in [1.82, 2.24) is 15.1 Å². The van der Waals surface area contributed by atoms with Crippen molar-refractivity contribution in [3.63, 3.8) is 0 Å². The van der Waals surface area contributed by atoms with Crippen LogP contribution in [0.15, 0.2) is 48.1 Å². The predicted molar refractivity (Wildman–Crippen MR) is 99.1 cm³/mol. The van der Waals surface area contributed by atoms with E-state index in [0.717, 1.165) is 16.9 Å². The highest BCUT2D eigenvalue weighted by molar-refractivity contribution is 7.12. The Morgan fingerprint density at radius 2 is 2.20 bits per heavy atom. The number of carbonyl (C=O) groups excluding carboxylic acids is 1. The van der Waals surface area contributed by atoms with E-state index in [4.69, 9.17) is 4.74 Å². The Kier molecular flexibility index (Phi) is 5.50. The van der Waals surface area contributed by atoms with Crippen LogP contribution in [0.25, 0.3) is 0 Å². The zero-order chi connectivity index (χ0) is 17.6. The van der Waals surface area contributed by atoms with Gasteiger partial charge >= 0.3 is 0 Å². The van der Waals surface area contributed by atoms with Gasteiger partial charge in [0, 0.05) is 24.5 Å². The Morgan fingerprint density at radius 1 is 1.32 bits per heavy atom. The number of ether oxygens (including phenoxy) is 1. The van der Waals surface area contributed by atoms with E-state index in [1.807, 2.05) is 43.6 Å². The molecular weight excluding hydrogens is 334 g/mol. The first-order valence-corrected chi connectivity index (χ1v) is 9.03. The zero-order valence-electron chi connectivity index (χ0n) is 14.4. The van der Waals surface area contributed by atoms with Crippen molar-refractivity contribution < 1.29 is 9.53 Å². The fourth-order valence-electron chi connectivity index (χ4n) is 2.40. The Hall–Kier alpha value is -2.60. The number of carbonyl (C=O) groups is 1. The number of hydrogen-bond acceptors (Lipinski definition) is 4. The number of benzene rings is 1. The molecule has 1 N–H and O–H groups in total. The van der Waals surface area contributed by atoms with Gasteiger partial charge in [0.15, 0.2) is 0 Å². The molecule has 25 heavy (non-hydrogen) atoms. The average Bonchev–Trinajstić information content (AvgIpc) is 3.27. The molecule has 0 aliphatic carbocycles. The highest BCUT2D eigenvalue weighted by Crippen LogP contribution is 2.22. The SMILES string of the molecule is Cc1ccc(C)c(OCc2csc(C(=O)NCCn3cccn3)c2)c1. The third-order valence-corrected chi connectivity index (χ3v) is 4.78. The molecule has 130 valence electrons. The molecule has 2 aromatic heterocycles. The van der Waals surface area contributed by atoms with Crippen LogP contribution >= 0.6 is 11.3 Å². The lowest BCUT2D eigenvalue weighted by Crippen LogP contribution is -2.26. The highest BCUT2D eigenvalue weighted by Gasteiger charge is 2.09. The maximum absolute atomic E-state index is 12.2. The molecule has 1 amide bonds. The molecule has 5 nitrogen and oxygen atoms in total. The molecule has 0 fully saturated rings. The molecule has 0 saturated carbocycles. The summed E-state index contributed by atoms with van der Waals surface area (Å²) in [4.78, 5) is 12.9. The van der Waals surface area contributed by atoms with Gasteiger partial charge in [-0.05, 0) is 48.6 Å². The third kappa shape index (κ3) is 4.70. The minimum Gasteiger partial charge on any atom is -0.489 e. The molecule has 3 rings (SSSR count). The topological polar surface area (TPSA) is 56.1 Å². The molecule has 0 aliphatic rings. The summed E-state index contributed by atoms with van der Waals surface area (Å²) in [6, 6.07) is 9.90. The standard InChI is InChI=1S/C19H21N3O2S/c1-14-4-5-15(2)17(10-14)24-12-16-11-18(25-13-16)19(23)20-7-9-22-8-3-6-21-22/h3-6,8,10-11,13H,7,9,12H2,1-2H3,(H,20,23). The molecule has 6 heteroatoms. The van der Waals surface area contributed by atoms with Gasteiger partial charge in [0.05, 0.1) is 11.4 Å². The molecule has 0 bridgehead atoms. The van der Waals surface area contributed by atoms with E-state index in [0.29, 0.717) is 24.6 Å². The predicted octanol–water partition coefficient (Wildman–Crippen LogP) is 3.57. The summed E-state index contributed by atoms with van der Waals surface area (Å²) in [6.45, 7) is 5.74. The van der Waals surface area contributed by atoms with Crippen LogP contribution in [-0.2, 0) is 13.2 Å². The second kappa shape index (κ2) is 7.98. The number of hydrogen-bond donors (Lipinski definition) is 1. The van der Waals surface area contributed by atoms with Crippen molar-refractivity contribution in [2.75, 3.05) is 6.54 Å². The van der Waals surface area contributed by atoms with Crippen molar-refractivity contribution in [1.29, 1.82) is 0 Å². The first-order valence-electron chi connectivity index (χ1n) is 8.15. The number of rotatable bonds is 7. The van der Waals surface area contributed by atoms with Gasteiger partial charge in [-0.15, -0.1) is 11.3 Å². The van der Waals surface area contributed by atoms with Gasteiger partial charge < -0.3 is 10.1 Å². The summed E-state index contributed by atoms with van der Waals surface area (Å²) < 4.78 is 7.68. The molecule has 1 aromatic carbocycles. The minimum absolute atomic E-state index is 0.0601. The van der Waals surface area contributed by atoms with Gasteiger partial charge in [0.2, 0.25) is 0 Å². The monoisotopic (exact) mass is 355 g/mol. The summed E-state index contributed by atoms with van der Waals surface area (Å²) in [5, 5.41) is 8.98. The molecule has 0 aliphatic heterocycles. The minimum atomic E-state index is -0.0601.